The van der Waals surface area contributed by atoms with Gasteiger partial charge in [-0.25, -0.2) is 4.79 Å². The van der Waals surface area contributed by atoms with Crippen LogP contribution in [0.3, 0.4) is 0 Å². The van der Waals surface area contributed by atoms with Crippen molar-refractivity contribution in [2.75, 3.05) is 10.6 Å². The van der Waals surface area contributed by atoms with Gasteiger partial charge >= 0.3 is 5.97 Å². The molecule has 0 fully saturated rings. The smallest absolute Gasteiger partial charge is 0.335 e. The molecule has 0 bridgehead atoms. The normalized spacial score (nSPS) is 10.2. The van der Waals surface area contributed by atoms with E-state index in [1.165, 1.54) is 0 Å². The van der Waals surface area contributed by atoms with Crippen LogP contribution >= 0.6 is 0 Å². The first kappa shape index (κ1) is 17.5. The summed E-state index contributed by atoms with van der Waals surface area (Å²) in [5.74, 6) is -0.930. The van der Waals surface area contributed by atoms with Crippen LogP contribution in [0.1, 0.15) is 41.3 Å². The molecule has 0 saturated carbocycles. The minimum Gasteiger partial charge on any atom is -0.478 e. The fraction of sp³-hybridized carbons (Fsp3) is 0.263. The summed E-state index contributed by atoms with van der Waals surface area (Å²) in [7, 11) is 0. The highest BCUT2D eigenvalue weighted by Crippen LogP contribution is 2.24. The monoisotopic (exact) mass is 326 g/mol. The van der Waals surface area contributed by atoms with Crippen molar-refractivity contribution in [3.05, 3.63) is 59.2 Å². The van der Waals surface area contributed by atoms with Crippen molar-refractivity contribution < 1.29 is 14.7 Å². The minimum absolute atomic E-state index is 0.00640. The Bertz CT molecular complexity index is 741. The fourth-order valence-electron chi connectivity index (χ4n) is 2.41. The molecule has 0 aliphatic rings. The number of benzene rings is 2. The number of carbonyl (C=O) groups excluding carboxylic acids is 1. The van der Waals surface area contributed by atoms with E-state index in [1.807, 2.05) is 38.1 Å². The van der Waals surface area contributed by atoms with Crippen LogP contribution in [0.5, 0.6) is 0 Å². The van der Waals surface area contributed by atoms with Crippen LogP contribution in [0.25, 0.3) is 0 Å². The van der Waals surface area contributed by atoms with Crippen LogP contribution in [0.4, 0.5) is 11.4 Å². The second-order valence-corrected chi connectivity index (χ2v) is 5.64. The largest absolute Gasteiger partial charge is 0.478 e. The van der Waals surface area contributed by atoms with Gasteiger partial charge in [-0.3, -0.25) is 4.79 Å². The summed E-state index contributed by atoms with van der Waals surface area (Å²) in [6.45, 7) is 4.42. The predicted octanol–water partition coefficient (Wildman–Crippen LogP) is 4.04. The summed E-state index contributed by atoms with van der Waals surface area (Å²) in [5, 5.41) is 15.3. The van der Waals surface area contributed by atoms with Gasteiger partial charge in [-0.15, -0.1) is 0 Å². The summed E-state index contributed by atoms with van der Waals surface area (Å²) in [6, 6.07) is 12.5. The molecule has 0 aliphatic carbocycles. The summed E-state index contributed by atoms with van der Waals surface area (Å²) in [5.41, 5.74) is 3.81. The molecule has 24 heavy (non-hydrogen) atoms. The van der Waals surface area contributed by atoms with Gasteiger partial charge in [-0.2, -0.15) is 0 Å². The molecule has 2 aromatic rings. The van der Waals surface area contributed by atoms with Gasteiger partial charge in [-0.05, 0) is 48.7 Å². The van der Waals surface area contributed by atoms with E-state index in [9.17, 15) is 9.59 Å². The number of aromatic carboxylic acids is 1. The van der Waals surface area contributed by atoms with Crippen molar-refractivity contribution in [3.8, 4) is 0 Å². The van der Waals surface area contributed by atoms with Crippen LogP contribution in [0.2, 0.25) is 0 Å². The van der Waals surface area contributed by atoms with Crippen LogP contribution < -0.4 is 10.6 Å². The molecule has 126 valence electrons. The lowest BCUT2D eigenvalue weighted by Crippen LogP contribution is -2.12. The van der Waals surface area contributed by atoms with Crippen LogP contribution in [-0.2, 0) is 11.3 Å². The molecular weight excluding hydrogens is 304 g/mol. The standard InChI is InChI=1S/C19H22N2O3/c1-3-6-18(22)21-17-10-5-9-16(13(17)2)20-12-14-7-4-8-15(11-14)19(23)24/h4-5,7-11,20H,3,6,12H2,1-2H3,(H,21,22)(H,23,24). The van der Waals surface area contributed by atoms with Gasteiger partial charge in [0, 0.05) is 24.3 Å². The molecule has 0 spiro atoms. The number of rotatable bonds is 7. The summed E-state index contributed by atoms with van der Waals surface area (Å²) in [6.07, 6.45) is 1.31. The zero-order chi connectivity index (χ0) is 17.5. The zero-order valence-electron chi connectivity index (χ0n) is 13.9. The average Bonchev–Trinajstić information content (AvgIpc) is 2.56. The maximum atomic E-state index is 11.8. The molecule has 0 aromatic heterocycles. The highest BCUT2D eigenvalue weighted by Gasteiger charge is 2.08. The molecule has 0 unspecified atom stereocenters. The lowest BCUT2D eigenvalue weighted by atomic mass is 10.1. The molecule has 0 saturated heterocycles. The molecule has 0 heterocycles. The summed E-state index contributed by atoms with van der Waals surface area (Å²) >= 11 is 0. The highest BCUT2D eigenvalue weighted by atomic mass is 16.4. The number of carbonyl (C=O) groups is 2. The second kappa shape index (κ2) is 8.15. The van der Waals surface area contributed by atoms with Gasteiger partial charge in [0.15, 0.2) is 0 Å². The molecule has 5 heteroatoms. The molecule has 1 amide bonds. The first-order chi connectivity index (χ1) is 11.5. The third-order valence-electron chi connectivity index (χ3n) is 3.74. The van der Waals surface area contributed by atoms with Gasteiger partial charge in [0.25, 0.3) is 0 Å². The van der Waals surface area contributed by atoms with Crippen molar-refractivity contribution in [2.45, 2.75) is 33.2 Å². The minimum atomic E-state index is -0.936. The Morgan fingerprint density at radius 2 is 1.79 bits per heavy atom. The van der Waals surface area contributed by atoms with Crippen molar-refractivity contribution >= 4 is 23.3 Å². The van der Waals surface area contributed by atoms with Crippen molar-refractivity contribution in [3.63, 3.8) is 0 Å². The quantitative estimate of drug-likeness (QED) is 0.717. The van der Waals surface area contributed by atoms with E-state index >= 15 is 0 Å². The highest BCUT2D eigenvalue weighted by molar-refractivity contribution is 5.92. The van der Waals surface area contributed by atoms with E-state index in [4.69, 9.17) is 5.11 Å². The SMILES string of the molecule is CCCC(=O)Nc1cccc(NCc2cccc(C(=O)O)c2)c1C. The first-order valence-corrected chi connectivity index (χ1v) is 7.97. The van der Waals surface area contributed by atoms with E-state index in [-0.39, 0.29) is 11.5 Å². The van der Waals surface area contributed by atoms with Gasteiger partial charge in [0.05, 0.1) is 5.56 Å². The van der Waals surface area contributed by atoms with E-state index < -0.39 is 5.97 Å². The number of hydrogen-bond acceptors (Lipinski definition) is 3. The Morgan fingerprint density at radius 1 is 1.08 bits per heavy atom. The number of nitrogens with one attached hydrogen (secondary N) is 2. The zero-order valence-corrected chi connectivity index (χ0v) is 13.9. The summed E-state index contributed by atoms with van der Waals surface area (Å²) in [4.78, 5) is 22.8. The van der Waals surface area contributed by atoms with E-state index in [0.717, 1.165) is 28.9 Å². The molecule has 5 nitrogen and oxygen atoms in total. The maximum absolute atomic E-state index is 11.8. The van der Waals surface area contributed by atoms with Crippen molar-refractivity contribution in [2.24, 2.45) is 0 Å². The predicted molar refractivity (Wildman–Crippen MR) is 95.4 cm³/mol. The van der Waals surface area contributed by atoms with Crippen LogP contribution in [0.15, 0.2) is 42.5 Å². The topological polar surface area (TPSA) is 78.4 Å². The number of carboxylic acids is 1. The van der Waals surface area contributed by atoms with E-state index in [1.54, 1.807) is 18.2 Å². The average molecular weight is 326 g/mol. The van der Waals surface area contributed by atoms with Gasteiger partial charge in [-0.1, -0.05) is 25.1 Å². The van der Waals surface area contributed by atoms with Crippen molar-refractivity contribution in [1.29, 1.82) is 0 Å². The van der Waals surface area contributed by atoms with Gasteiger partial charge in [0.2, 0.25) is 5.91 Å². The Kier molecular flexibility index (Phi) is 5.95. The van der Waals surface area contributed by atoms with E-state index in [2.05, 4.69) is 10.6 Å². The Morgan fingerprint density at radius 3 is 2.50 bits per heavy atom. The molecule has 0 radical (unpaired) electrons. The molecular formula is C19H22N2O3. The number of hydrogen-bond donors (Lipinski definition) is 3. The summed E-state index contributed by atoms with van der Waals surface area (Å²) < 4.78 is 0. The lowest BCUT2D eigenvalue weighted by Gasteiger charge is -2.14. The maximum Gasteiger partial charge on any atom is 0.335 e. The number of anilines is 2. The fourth-order valence-corrected chi connectivity index (χ4v) is 2.41. The molecule has 2 aromatic carbocycles. The van der Waals surface area contributed by atoms with Gasteiger partial charge in [0.1, 0.15) is 0 Å². The molecule has 2 rings (SSSR count). The molecule has 3 N–H and O–H groups in total. The Balaban J connectivity index is 2.09. The van der Waals surface area contributed by atoms with Crippen LogP contribution in [-0.4, -0.2) is 17.0 Å². The number of amides is 1. The van der Waals surface area contributed by atoms with Crippen LogP contribution in [0, 0.1) is 6.92 Å². The molecule has 0 aliphatic heterocycles. The molecule has 0 atom stereocenters. The Hall–Kier alpha value is -2.82. The number of carboxylic acid groups (broad SMARTS) is 1. The lowest BCUT2D eigenvalue weighted by molar-refractivity contribution is -0.116. The Labute approximate surface area is 141 Å². The van der Waals surface area contributed by atoms with Crippen molar-refractivity contribution in [1.82, 2.24) is 0 Å². The third kappa shape index (κ3) is 4.59. The second-order valence-electron chi connectivity index (χ2n) is 5.64. The third-order valence-corrected chi connectivity index (χ3v) is 3.74. The van der Waals surface area contributed by atoms with Gasteiger partial charge < -0.3 is 15.7 Å². The van der Waals surface area contributed by atoms with E-state index in [0.29, 0.717) is 13.0 Å². The first-order valence-electron chi connectivity index (χ1n) is 7.97.